The molecule has 1 saturated carbocycles. The second-order valence-corrected chi connectivity index (χ2v) is 9.32. The van der Waals surface area contributed by atoms with Gasteiger partial charge in [0.25, 0.3) is 11.8 Å². The normalized spacial score (nSPS) is 19.4. The van der Waals surface area contributed by atoms with Gasteiger partial charge in [-0.3, -0.25) is 14.6 Å². The Labute approximate surface area is 199 Å². The van der Waals surface area contributed by atoms with Crippen LogP contribution >= 0.6 is 0 Å². The third kappa shape index (κ3) is 5.44. The summed E-state index contributed by atoms with van der Waals surface area (Å²) in [5.74, 6) is 1.07. The van der Waals surface area contributed by atoms with Crippen molar-refractivity contribution in [2.24, 2.45) is 10.9 Å². The molecule has 1 atom stereocenters. The molecule has 5 rings (SSSR count). The van der Waals surface area contributed by atoms with Gasteiger partial charge in [-0.05, 0) is 75.2 Å². The van der Waals surface area contributed by atoms with E-state index in [0.717, 1.165) is 68.6 Å². The summed E-state index contributed by atoms with van der Waals surface area (Å²) in [6, 6.07) is 9.10. The lowest BCUT2D eigenvalue weighted by molar-refractivity contribution is 0.0904. The molecule has 1 aromatic carbocycles. The molecule has 3 aliphatic rings. The summed E-state index contributed by atoms with van der Waals surface area (Å²) in [5, 5.41) is 13.5. The number of hydrogen-bond donors (Lipinski definition) is 3. The lowest BCUT2D eigenvalue weighted by Gasteiger charge is -2.31. The van der Waals surface area contributed by atoms with Gasteiger partial charge in [0.2, 0.25) is 0 Å². The van der Waals surface area contributed by atoms with E-state index in [-0.39, 0.29) is 23.8 Å². The molecule has 178 valence electrons. The number of aromatic nitrogens is 1. The molecule has 0 radical (unpaired) electrons. The number of rotatable bonds is 8. The van der Waals surface area contributed by atoms with Gasteiger partial charge in [0.15, 0.2) is 5.69 Å². The molecule has 2 aromatic rings. The summed E-state index contributed by atoms with van der Waals surface area (Å²) in [7, 11) is 0. The number of piperidine rings is 1. The predicted molar refractivity (Wildman–Crippen MR) is 129 cm³/mol. The van der Waals surface area contributed by atoms with Crippen LogP contribution in [0.2, 0.25) is 0 Å². The predicted octanol–water partition coefficient (Wildman–Crippen LogP) is 3.50. The van der Waals surface area contributed by atoms with Crippen LogP contribution in [0.3, 0.4) is 0 Å². The molecular formula is C26H31N5O3. The van der Waals surface area contributed by atoms with Gasteiger partial charge < -0.3 is 20.5 Å². The molecule has 1 aromatic heterocycles. The highest BCUT2D eigenvalue weighted by Crippen LogP contribution is 2.40. The van der Waals surface area contributed by atoms with Gasteiger partial charge in [0.05, 0.1) is 18.3 Å². The SMILES string of the molecule is O=C(NCC1=CCCC=N1)c1cccc(C(NC(=O)c2cc(C3CC3)on2)C2CCNCC2)c1. The van der Waals surface area contributed by atoms with Crippen LogP contribution in [0.4, 0.5) is 0 Å². The fourth-order valence-electron chi connectivity index (χ4n) is 4.65. The molecule has 34 heavy (non-hydrogen) atoms. The van der Waals surface area contributed by atoms with E-state index in [9.17, 15) is 9.59 Å². The number of benzene rings is 1. The maximum absolute atomic E-state index is 13.1. The molecule has 0 spiro atoms. The Morgan fingerprint density at radius 1 is 1.09 bits per heavy atom. The zero-order chi connectivity index (χ0) is 23.3. The van der Waals surface area contributed by atoms with Crippen molar-refractivity contribution in [1.82, 2.24) is 21.1 Å². The summed E-state index contributed by atoms with van der Waals surface area (Å²) in [4.78, 5) is 30.3. The Hall–Kier alpha value is -3.26. The summed E-state index contributed by atoms with van der Waals surface area (Å²) in [6.45, 7) is 2.22. The minimum atomic E-state index is -0.240. The molecule has 1 unspecified atom stereocenters. The lowest BCUT2D eigenvalue weighted by atomic mass is 9.85. The maximum Gasteiger partial charge on any atom is 0.273 e. The number of amides is 2. The Kier molecular flexibility index (Phi) is 6.85. The molecule has 2 aliphatic heterocycles. The highest BCUT2D eigenvalue weighted by atomic mass is 16.5. The monoisotopic (exact) mass is 461 g/mol. The van der Waals surface area contributed by atoms with Gasteiger partial charge in [-0.25, -0.2) is 0 Å². The van der Waals surface area contributed by atoms with E-state index in [4.69, 9.17) is 4.52 Å². The molecule has 1 saturated heterocycles. The first-order valence-electron chi connectivity index (χ1n) is 12.3. The van der Waals surface area contributed by atoms with Gasteiger partial charge in [-0.15, -0.1) is 0 Å². The van der Waals surface area contributed by atoms with Crippen LogP contribution in [0.5, 0.6) is 0 Å². The van der Waals surface area contributed by atoms with Crippen molar-refractivity contribution in [2.75, 3.05) is 19.6 Å². The first kappa shape index (κ1) is 22.5. The van der Waals surface area contributed by atoms with Crippen LogP contribution in [0.25, 0.3) is 0 Å². The fraction of sp³-hybridized carbons (Fsp3) is 0.462. The molecule has 0 bridgehead atoms. The fourth-order valence-corrected chi connectivity index (χ4v) is 4.65. The van der Waals surface area contributed by atoms with Crippen molar-refractivity contribution in [3.8, 4) is 0 Å². The largest absolute Gasteiger partial charge is 0.360 e. The smallest absolute Gasteiger partial charge is 0.273 e. The van der Waals surface area contributed by atoms with Crippen molar-refractivity contribution in [3.05, 3.63) is 64.7 Å². The highest BCUT2D eigenvalue weighted by molar-refractivity contribution is 5.95. The summed E-state index contributed by atoms with van der Waals surface area (Å²) in [6.07, 6.45) is 9.90. The van der Waals surface area contributed by atoms with Crippen molar-refractivity contribution >= 4 is 18.0 Å². The van der Waals surface area contributed by atoms with E-state index in [1.807, 2.05) is 24.4 Å². The molecular weight excluding hydrogens is 430 g/mol. The van der Waals surface area contributed by atoms with Crippen LogP contribution in [0, 0.1) is 5.92 Å². The maximum atomic E-state index is 13.1. The van der Waals surface area contributed by atoms with E-state index in [0.29, 0.717) is 23.7 Å². The number of carbonyl (C=O) groups excluding carboxylic acids is 2. The Balaban J connectivity index is 1.32. The van der Waals surface area contributed by atoms with Gasteiger partial charge in [-0.1, -0.05) is 23.4 Å². The average Bonchev–Trinajstić information content (AvgIpc) is 3.63. The molecule has 8 nitrogen and oxygen atoms in total. The molecule has 3 N–H and O–H groups in total. The molecule has 1 aliphatic carbocycles. The molecule has 3 heterocycles. The number of allylic oxidation sites excluding steroid dienone is 1. The van der Waals surface area contributed by atoms with Gasteiger partial charge >= 0.3 is 0 Å². The van der Waals surface area contributed by atoms with Gasteiger partial charge in [0, 0.05) is 23.8 Å². The number of nitrogens with zero attached hydrogens (tertiary/aromatic N) is 2. The first-order valence-corrected chi connectivity index (χ1v) is 12.3. The van der Waals surface area contributed by atoms with Crippen molar-refractivity contribution in [3.63, 3.8) is 0 Å². The van der Waals surface area contributed by atoms with Gasteiger partial charge in [0.1, 0.15) is 5.76 Å². The zero-order valence-electron chi connectivity index (χ0n) is 19.3. The van der Waals surface area contributed by atoms with E-state index >= 15 is 0 Å². The van der Waals surface area contributed by atoms with Crippen molar-refractivity contribution in [1.29, 1.82) is 0 Å². The molecule has 8 heteroatoms. The van der Waals surface area contributed by atoms with Crippen molar-refractivity contribution < 1.29 is 14.1 Å². The van der Waals surface area contributed by atoms with E-state index < -0.39 is 0 Å². The second kappa shape index (κ2) is 10.3. The topological polar surface area (TPSA) is 109 Å². The molecule has 2 fully saturated rings. The summed E-state index contributed by atoms with van der Waals surface area (Å²) < 4.78 is 5.38. The highest BCUT2D eigenvalue weighted by Gasteiger charge is 2.31. The summed E-state index contributed by atoms with van der Waals surface area (Å²) in [5.41, 5.74) is 2.70. The van der Waals surface area contributed by atoms with Crippen LogP contribution in [-0.2, 0) is 0 Å². The average molecular weight is 462 g/mol. The summed E-state index contributed by atoms with van der Waals surface area (Å²) >= 11 is 0. The third-order valence-corrected chi connectivity index (χ3v) is 6.75. The van der Waals surface area contributed by atoms with E-state index in [1.54, 1.807) is 12.1 Å². The van der Waals surface area contributed by atoms with Crippen LogP contribution in [0.15, 0.2) is 51.6 Å². The van der Waals surface area contributed by atoms with Crippen molar-refractivity contribution in [2.45, 2.75) is 50.5 Å². The first-order chi connectivity index (χ1) is 16.7. The lowest BCUT2D eigenvalue weighted by Crippen LogP contribution is -2.39. The standard InChI is InChI=1S/C26H31N5O3/c32-25(29-16-21-6-1-2-11-28-21)20-5-3-4-19(14-20)24(18-9-12-27-13-10-18)30-26(33)22-15-23(34-31-22)17-7-8-17/h3-6,11,14-15,17-18,24,27H,1-2,7-10,12-13,16H2,(H,29,32)(H,30,33). The zero-order valence-corrected chi connectivity index (χ0v) is 19.3. The Bertz CT molecular complexity index is 1100. The van der Waals surface area contributed by atoms with Crippen LogP contribution in [0.1, 0.15) is 82.7 Å². The number of hydrogen-bond acceptors (Lipinski definition) is 6. The quantitative estimate of drug-likeness (QED) is 0.558. The minimum Gasteiger partial charge on any atom is -0.360 e. The third-order valence-electron chi connectivity index (χ3n) is 6.75. The van der Waals surface area contributed by atoms with E-state index in [1.165, 1.54) is 0 Å². The number of carbonyl (C=O) groups is 2. The van der Waals surface area contributed by atoms with Gasteiger partial charge in [-0.2, -0.15) is 0 Å². The number of nitrogens with one attached hydrogen (secondary N) is 3. The minimum absolute atomic E-state index is 0.149. The Morgan fingerprint density at radius 2 is 1.94 bits per heavy atom. The number of aliphatic imine (C=N–C) groups is 1. The van der Waals surface area contributed by atoms with Crippen LogP contribution < -0.4 is 16.0 Å². The second-order valence-electron chi connectivity index (χ2n) is 9.32. The molecule has 2 amide bonds. The van der Waals surface area contributed by atoms with Crippen LogP contribution in [-0.4, -0.2) is 42.8 Å². The Morgan fingerprint density at radius 3 is 2.71 bits per heavy atom. The van der Waals surface area contributed by atoms with E-state index in [2.05, 4.69) is 32.2 Å².